The Bertz CT molecular complexity index is 1370. The SMILES string of the molecule is CN(C(=O)c1csc2ncc3ccccc3c12)C(NCN1CCCC(=O)C1)c1ccccc1Cl. The third kappa shape index (κ3) is 4.44. The number of piperidine rings is 1. The number of hydrogen-bond acceptors (Lipinski definition) is 6. The Hall–Kier alpha value is -2.84. The lowest BCUT2D eigenvalue weighted by Gasteiger charge is -2.33. The number of rotatable bonds is 6. The molecule has 2 aromatic carbocycles. The maximum atomic E-state index is 13.8. The molecular formula is C26H25ClN4O2S. The number of nitrogens with one attached hydrogen (secondary N) is 1. The molecule has 1 fully saturated rings. The number of ketones is 1. The molecule has 34 heavy (non-hydrogen) atoms. The van der Waals surface area contributed by atoms with Crippen LogP contribution in [-0.4, -0.2) is 53.3 Å². The van der Waals surface area contributed by atoms with Crippen molar-refractivity contribution in [2.45, 2.75) is 19.0 Å². The maximum absolute atomic E-state index is 13.8. The smallest absolute Gasteiger partial charge is 0.256 e. The number of carbonyl (C=O) groups excluding carboxylic acids is 2. The predicted octanol–water partition coefficient (Wildman–Crippen LogP) is 5.09. The van der Waals surface area contributed by atoms with E-state index in [1.807, 2.05) is 60.1 Å². The van der Waals surface area contributed by atoms with Crippen LogP contribution in [-0.2, 0) is 4.79 Å². The van der Waals surface area contributed by atoms with Crippen molar-refractivity contribution in [1.82, 2.24) is 20.1 Å². The molecule has 0 radical (unpaired) electrons. The number of thiophene rings is 1. The summed E-state index contributed by atoms with van der Waals surface area (Å²) in [6.45, 7) is 1.75. The van der Waals surface area contributed by atoms with Gasteiger partial charge in [-0.1, -0.05) is 54.1 Å². The number of halogens is 1. The minimum absolute atomic E-state index is 0.114. The van der Waals surface area contributed by atoms with E-state index >= 15 is 0 Å². The number of aromatic nitrogens is 1. The second-order valence-electron chi connectivity index (χ2n) is 8.57. The summed E-state index contributed by atoms with van der Waals surface area (Å²) in [5.74, 6) is 0.132. The summed E-state index contributed by atoms with van der Waals surface area (Å²) in [6, 6.07) is 15.5. The molecule has 0 bridgehead atoms. The van der Waals surface area contributed by atoms with Gasteiger partial charge in [0.25, 0.3) is 5.91 Å². The van der Waals surface area contributed by atoms with Crippen LogP contribution in [0.3, 0.4) is 0 Å². The summed E-state index contributed by atoms with van der Waals surface area (Å²) in [6.07, 6.45) is 2.87. The van der Waals surface area contributed by atoms with Crippen molar-refractivity contribution < 1.29 is 9.59 Å². The van der Waals surface area contributed by atoms with E-state index in [0.717, 1.165) is 39.5 Å². The van der Waals surface area contributed by atoms with Crippen LogP contribution in [0.1, 0.15) is 34.9 Å². The highest BCUT2D eigenvalue weighted by molar-refractivity contribution is 7.17. The van der Waals surface area contributed by atoms with E-state index in [1.165, 1.54) is 11.3 Å². The number of likely N-dealkylation sites (tertiary alicyclic amines) is 1. The minimum atomic E-state index is -0.462. The standard InChI is InChI=1S/C26H25ClN4O2S/c1-30(26(33)21-15-34-25-23(21)19-9-3-2-7-17(19)13-28-25)24(20-10-4-5-11-22(20)27)29-16-31-12-6-8-18(32)14-31/h2-5,7,9-11,13,15,24,29H,6,8,12,14,16H2,1H3. The van der Waals surface area contributed by atoms with Gasteiger partial charge in [-0.05, 0) is 17.9 Å². The summed E-state index contributed by atoms with van der Waals surface area (Å²) in [7, 11) is 1.78. The van der Waals surface area contributed by atoms with Crippen LogP contribution in [0.5, 0.6) is 0 Å². The Morgan fingerprint density at radius 1 is 1.24 bits per heavy atom. The third-order valence-corrected chi connectivity index (χ3v) is 7.53. The summed E-state index contributed by atoms with van der Waals surface area (Å²) in [5, 5.41) is 8.83. The molecule has 0 saturated carbocycles. The number of pyridine rings is 1. The Morgan fingerprint density at radius 3 is 2.85 bits per heavy atom. The van der Waals surface area contributed by atoms with E-state index in [4.69, 9.17) is 11.6 Å². The molecular weight excluding hydrogens is 468 g/mol. The van der Waals surface area contributed by atoms with Crippen molar-refractivity contribution in [3.63, 3.8) is 0 Å². The number of Topliss-reactive ketones (excluding diaryl/α,β-unsaturated/α-hetero) is 1. The fraction of sp³-hybridized carbons (Fsp3) is 0.269. The van der Waals surface area contributed by atoms with Gasteiger partial charge in [-0.2, -0.15) is 0 Å². The Balaban J connectivity index is 1.49. The van der Waals surface area contributed by atoms with Crippen molar-refractivity contribution in [3.05, 3.63) is 76.3 Å². The summed E-state index contributed by atoms with van der Waals surface area (Å²) < 4.78 is 0. The van der Waals surface area contributed by atoms with Gasteiger partial charge in [-0.3, -0.25) is 19.8 Å². The number of amides is 1. The van der Waals surface area contributed by atoms with Gasteiger partial charge in [0.05, 0.1) is 18.8 Å². The van der Waals surface area contributed by atoms with E-state index in [2.05, 4.69) is 15.2 Å². The average molecular weight is 493 g/mol. The summed E-state index contributed by atoms with van der Waals surface area (Å²) >= 11 is 8.03. The van der Waals surface area contributed by atoms with Gasteiger partial charge >= 0.3 is 0 Å². The highest BCUT2D eigenvalue weighted by Crippen LogP contribution is 2.33. The highest BCUT2D eigenvalue weighted by atomic mass is 35.5. The minimum Gasteiger partial charge on any atom is -0.322 e. The van der Waals surface area contributed by atoms with Gasteiger partial charge < -0.3 is 4.90 Å². The number of benzene rings is 2. The zero-order valence-electron chi connectivity index (χ0n) is 18.8. The highest BCUT2D eigenvalue weighted by Gasteiger charge is 2.28. The molecule has 5 rings (SSSR count). The largest absolute Gasteiger partial charge is 0.322 e. The lowest BCUT2D eigenvalue weighted by Crippen LogP contribution is -2.47. The Labute approximate surface area is 207 Å². The lowest BCUT2D eigenvalue weighted by molar-refractivity contribution is -0.122. The van der Waals surface area contributed by atoms with Crippen LogP contribution >= 0.6 is 22.9 Å². The quantitative estimate of drug-likeness (QED) is 0.380. The van der Waals surface area contributed by atoms with E-state index in [-0.39, 0.29) is 11.7 Å². The van der Waals surface area contributed by atoms with Crippen molar-refractivity contribution in [3.8, 4) is 0 Å². The second-order valence-corrected chi connectivity index (χ2v) is 9.84. The molecule has 8 heteroatoms. The molecule has 4 aromatic rings. The number of carbonyl (C=O) groups is 2. The van der Waals surface area contributed by atoms with Crippen molar-refractivity contribution in [1.29, 1.82) is 0 Å². The van der Waals surface area contributed by atoms with Gasteiger partial charge in [-0.25, -0.2) is 4.98 Å². The van der Waals surface area contributed by atoms with Gasteiger partial charge in [0.2, 0.25) is 0 Å². The van der Waals surface area contributed by atoms with Crippen molar-refractivity contribution >= 4 is 55.6 Å². The van der Waals surface area contributed by atoms with Crippen molar-refractivity contribution in [2.75, 3.05) is 26.8 Å². The van der Waals surface area contributed by atoms with E-state index < -0.39 is 6.17 Å². The fourth-order valence-electron chi connectivity index (χ4n) is 4.54. The van der Waals surface area contributed by atoms with Crippen LogP contribution in [0.15, 0.2) is 60.1 Å². The normalized spacial score (nSPS) is 15.6. The first-order valence-electron chi connectivity index (χ1n) is 11.3. The molecule has 1 unspecified atom stereocenters. The average Bonchev–Trinajstić information content (AvgIpc) is 3.29. The molecule has 3 heterocycles. The predicted molar refractivity (Wildman–Crippen MR) is 137 cm³/mol. The molecule has 6 nitrogen and oxygen atoms in total. The number of nitrogens with zero attached hydrogens (tertiary/aromatic N) is 3. The van der Waals surface area contributed by atoms with Gasteiger partial charge in [-0.15, -0.1) is 11.3 Å². The number of hydrogen-bond donors (Lipinski definition) is 1. The van der Waals surface area contributed by atoms with Crippen molar-refractivity contribution in [2.24, 2.45) is 0 Å². The molecule has 0 spiro atoms. The monoisotopic (exact) mass is 492 g/mol. The molecule has 1 atom stereocenters. The molecule has 2 aromatic heterocycles. The van der Waals surface area contributed by atoms with Gasteiger partial charge in [0, 0.05) is 52.9 Å². The van der Waals surface area contributed by atoms with Gasteiger partial charge in [0.1, 0.15) is 16.8 Å². The molecule has 1 saturated heterocycles. The first-order chi connectivity index (χ1) is 16.5. The van der Waals surface area contributed by atoms with E-state index in [1.54, 1.807) is 11.9 Å². The third-order valence-electron chi connectivity index (χ3n) is 6.30. The van der Waals surface area contributed by atoms with E-state index in [9.17, 15) is 9.59 Å². The topological polar surface area (TPSA) is 65.5 Å². The van der Waals surface area contributed by atoms with E-state index in [0.29, 0.717) is 30.2 Å². The zero-order chi connectivity index (χ0) is 23.7. The summed E-state index contributed by atoms with van der Waals surface area (Å²) in [5.41, 5.74) is 1.43. The molecule has 1 aliphatic heterocycles. The first kappa shape index (κ1) is 22.9. The molecule has 1 N–H and O–H groups in total. The number of fused-ring (bicyclic) bond motifs is 3. The van der Waals surface area contributed by atoms with Crippen LogP contribution in [0.2, 0.25) is 5.02 Å². The fourth-order valence-corrected chi connectivity index (χ4v) is 5.68. The Morgan fingerprint density at radius 2 is 2.03 bits per heavy atom. The first-order valence-corrected chi connectivity index (χ1v) is 12.5. The van der Waals surface area contributed by atoms with Crippen LogP contribution < -0.4 is 5.32 Å². The van der Waals surface area contributed by atoms with Crippen LogP contribution in [0.25, 0.3) is 21.0 Å². The maximum Gasteiger partial charge on any atom is 0.256 e. The molecule has 1 amide bonds. The lowest BCUT2D eigenvalue weighted by atomic mass is 10.1. The molecule has 1 aliphatic rings. The summed E-state index contributed by atoms with van der Waals surface area (Å²) in [4.78, 5) is 34.9. The zero-order valence-corrected chi connectivity index (χ0v) is 20.4. The van der Waals surface area contributed by atoms with Crippen LogP contribution in [0.4, 0.5) is 0 Å². The second kappa shape index (κ2) is 9.80. The van der Waals surface area contributed by atoms with Crippen LogP contribution in [0, 0.1) is 0 Å². The Kier molecular flexibility index (Phi) is 6.61. The molecule has 0 aliphatic carbocycles. The van der Waals surface area contributed by atoms with Gasteiger partial charge in [0.15, 0.2) is 0 Å². The molecule has 174 valence electrons.